The number of hydrogen-bond acceptors (Lipinski definition) is 4. The average Bonchev–Trinajstić information content (AvgIpc) is 3.08. The third-order valence-electron chi connectivity index (χ3n) is 4.16. The largest absolute Gasteiger partial charge is 0.457 e. The van der Waals surface area contributed by atoms with Gasteiger partial charge >= 0.3 is 0 Å². The molecule has 1 fully saturated rings. The highest BCUT2D eigenvalue weighted by Crippen LogP contribution is 2.27. The highest BCUT2D eigenvalue weighted by atomic mass is 32.1. The molecular formula is C19H16F2N2O3S. The maximum Gasteiger partial charge on any atom is 0.265 e. The fourth-order valence-corrected chi connectivity index (χ4v) is 3.21. The van der Waals surface area contributed by atoms with Crippen molar-refractivity contribution in [2.45, 2.75) is 13.8 Å². The van der Waals surface area contributed by atoms with Crippen LogP contribution in [0.2, 0.25) is 0 Å². The Balaban J connectivity index is 1.98. The van der Waals surface area contributed by atoms with E-state index < -0.39 is 23.4 Å². The molecule has 1 aliphatic heterocycles. The first-order valence-electron chi connectivity index (χ1n) is 8.32. The molecule has 3 rings (SSSR count). The van der Waals surface area contributed by atoms with Gasteiger partial charge in [0, 0.05) is 19.2 Å². The topological polar surface area (TPSA) is 53.8 Å². The van der Waals surface area contributed by atoms with Crippen LogP contribution >= 0.6 is 12.2 Å². The van der Waals surface area contributed by atoms with Crippen LogP contribution in [0.3, 0.4) is 0 Å². The van der Waals surface area contributed by atoms with Gasteiger partial charge in [-0.15, -0.1) is 0 Å². The molecule has 27 heavy (non-hydrogen) atoms. The summed E-state index contributed by atoms with van der Waals surface area (Å²) in [5.41, 5.74) is -0.0123. The predicted octanol–water partition coefficient (Wildman–Crippen LogP) is 3.60. The van der Waals surface area contributed by atoms with Gasteiger partial charge in [0.2, 0.25) is 0 Å². The first kappa shape index (κ1) is 18.9. The summed E-state index contributed by atoms with van der Waals surface area (Å²) in [4.78, 5) is 27.8. The van der Waals surface area contributed by atoms with E-state index in [1.807, 2.05) is 0 Å². The monoisotopic (exact) mass is 390 g/mol. The second kappa shape index (κ2) is 7.40. The van der Waals surface area contributed by atoms with E-state index in [4.69, 9.17) is 16.6 Å². The molecule has 0 radical (unpaired) electrons. The summed E-state index contributed by atoms with van der Waals surface area (Å²) in [6.07, 6.45) is 1.31. The van der Waals surface area contributed by atoms with Gasteiger partial charge in [-0.1, -0.05) is 0 Å². The maximum atomic E-state index is 13.9. The number of furan rings is 1. The Labute approximate surface area is 159 Å². The molecule has 0 bridgehead atoms. The van der Waals surface area contributed by atoms with Crippen molar-refractivity contribution in [3.63, 3.8) is 0 Å². The Kier molecular flexibility index (Phi) is 5.18. The normalized spacial score (nSPS) is 15.0. The Hall–Kier alpha value is -2.87. The second-order valence-electron chi connectivity index (χ2n) is 5.77. The van der Waals surface area contributed by atoms with E-state index in [1.165, 1.54) is 34.1 Å². The molecule has 0 saturated carbocycles. The predicted molar refractivity (Wildman–Crippen MR) is 99.4 cm³/mol. The van der Waals surface area contributed by atoms with Gasteiger partial charge < -0.3 is 4.42 Å². The van der Waals surface area contributed by atoms with Crippen molar-refractivity contribution in [3.05, 3.63) is 53.3 Å². The van der Waals surface area contributed by atoms with Crippen molar-refractivity contribution in [2.75, 3.05) is 13.1 Å². The van der Waals surface area contributed by atoms with E-state index >= 15 is 0 Å². The van der Waals surface area contributed by atoms with Crippen LogP contribution in [0.15, 0.2) is 40.3 Å². The molecule has 0 spiro atoms. The van der Waals surface area contributed by atoms with Crippen molar-refractivity contribution in [1.29, 1.82) is 0 Å². The summed E-state index contributed by atoms with van der Waals surface area (Å²) in [6.45, 7) is 4.16. The zero-order valence-corrected chi connectivity index (χ0v) is 15.5. The lowest BCUT2D eigenvalue weighted by molar-refractivity contribution is -0.133. The number of benzene rings is 1. The summed E-state index contributed by atoms with van der Waals surface area (Å²) in [7, 11) is 0. The minimum absolute atomic E-state index is 0.0777. The van der Waals surface area contributed by atoms with Gasteiger partial charge in [0.1, 0.15) is 28.7 Å². The van der Waals surface area contributed by atoms with Gasteiger partial charge in [-0.25, -0.2) is 8.78 Å². The number of rotatable bonds is 4. The highest BCUT2D eigenvalue weighted by molar-refractivity contribution is 7.80. The number of carbonyl (C=O) groups is 2. The van der Waals surface area contributed by atoms with E-state index in [0.717, 1.165) is 12.1 Å². The summed E-state index contributed by atoms with van der Waals surface area (Å²) in [6, 6.07) is 6.12. The van der Waals surface area contributed by atoms with E-state index in [2.05, 4.69) is 0 Å². The van der Waals surface area contributed by atoms with E-state index in [-0.39, 0.29) is 27.8 Å². The molecule has 2 amide bonds. The van der Waals surface area contributed by atoms with Crippen LogP contribution in [0, 0.1) is 11.6 Å². The minimum atomic E-state index is -0.770. The van der Waals surface area contributed by atoms with Crippen LogP contribution < -0.4 is 0 Å². The number of halogens is 2. The standard InChI is InChI=1S/C19H16F2N2O3S/c1-3-22-17(24)14(18(25)23(4-2)19(22)27)10-12-6-8-16(26-12)13-7-5-11(20)9-15(13)21/h5-10H,3-4H2,1-2H3. The number of thiocarbonyl (C=S) groups is 1. The fourth-order valence-electron chi connectivity index (χ4n) is 2.79. The van der Waals surface area contributed by atoms with E-state index in [0.29, 0.717) is 13.1 Å². The van der Waals surface area contributed by atoms with E-state index in [9.17, 15) is 18.4 Å². The molecule has 1 aromatic carbocycles. The lowest BCUT2D eigenvalue weighted by atomic mass is 10.1. The van der Waals surface area contributed by atoms with Crippen LogP contribution in [0.25, 0.3) is 17.4 Å². The van der Waals surface area contributed by atoms with Gasteiger partial charge in [-0.2, -0.15) is 0 Å². The molecule has 2 aromatic rings. The summed E-state index contributed by atoms with van der Waals surface area (Å²) in [5, 5.41) is 0.167. The summed E-state index contributed by atoms with van der Waals surface area (Å²) >= 11 is 5.20. The van der Waals surface area contributed by atoms with E-state index in [1.54, 1.807) is 13.8 Å². The Morgan fingerprint density at radius 2 is 1.67 bits per heavy atom. The van der Waals surface area contributed by atoms with Gasteiger partial charge in [-0.05, 0) is 56.4 Å². The molecule has 1 aromatic heterocycles. The zero-order valence-electron chi connectivity index (χ0n) is 14.7. The molecule has 1 saturated heterocycles. The first-order valence-corrected chi connectivity index (χ1v) is 8.72. The molecule has 1 aliphatic rings. The number of hydrogen-bond donors (Lipinski definition) is 0. The summed E-state index contributed by atoms with van der Waals surface area (Å²) in [5.74, 6) is -2.13. The molecule has 140 valence electrons. The molecule has 0 atom stereocenters. The smallest absolute Gasteiger partial charge is 0.265 e. The molecular weight excluding hydrogens is 374 g/mol. The molecule has 0 aliphatic carbocycles. The van der Waals surface area contributed by atoms with Crippen LogP contribution in [-0.2, 0) is 9.59 Å². The Morgan fingerprint density at radius 3 is 2.22 bits per heavy atom. The van der Waals surface area contributed by atoms with Crippen molar-refractivity contribution >= 4 is 35.2 Å². The third kappa shape index (κ3) is 3.40. The first-order chi connectivity index (χ1) is 12.9. The van der Waals surface area contributed by atoms with Gasteiger partial charge in [0.25, 0.3) is 11.8 Å². The van der Waals surface area contributed by atoms with Gasteiger partial charge in [0.05, 0.1) is 5.56 Å². The Morgan fingerprint density at radius 1 is 1.04 bits per heavy atom. The van der Waals surface area contributed by atoms with Crippen molar-refractivity contribution in [1.82, 2.24) is 9.80 Å². The second-order valence-corrected chi connectivity index (χ2v) is 6.13. The quantitative estimate of drug-likeness (QED) is 0.455. The van der Waals surface area contributed by atoms with Crippen molar-refractivity contribution < 1.29 is 22.8 Å². The average molecular weight is 390 g/mol. The zero-order chi connectivity index (χ0) is 19.7. The fraction of sp³-hybridized carbons (Fsp3) is 0.211. The Bertz CT molecular complexity index is 940. The van der Waals surface area contributed by atoms with Crippen LogP contribution in [-0.4, -0.2) is 39.8 Å². The SMILES string of the molecule is CCN1C(=O)C(=Cc2ccc(-c3ccc(F)cc3F)o2)C(=O)N(CC)C1=S. The van der Waals surface area contributed by atoms with Crippen molar-refractivity contribution in [3.8, 4) is 11.3 Å². The molecule has 5 nitrogen and oxygen atoms in total. The van der Waals surface area contributed by atoms with Crippen LogP contribution in [0.5, 0.6) is 0 Å². The number of amides is 2. The van der Waals surface area contributed by atoms with Crippen LogP contribution in [0.1, 0.15) is 19.6 Å². The molecule has 0 unspecified atom stereocenters. The number of carbonyl (C=O) groups excluding carboxylic acids is 2. The minimum Gasteiger partial charge on any atom is -0.457 e. The number of nitrogens with zero attached hydrogens (tertiary/aromatic N) is 2. The number of likely N-dealkylation sites (N-methyl/N-ethyl adjacent to an activating group) is 2. The summed E-state index contributed by atoms with van der Waals surface area (Å²) < 4.78 is 32.5. The third-order valence-corrected chi connectivity index (χ3v) is 4.60. The molecule has 8 heteroatoms. The van der Waals surface area contributed by atoms with Gasteiger partial charge in [0.15, 0.2) is 5.11 Å². The maximum absolute atomic E-state index is 13.9. The van der Waals surface area contributed by atoms with Crippen LogP contribution in [0.4, 0.5) is 8.78 Å². The molecule has 2 heterocycles. The van der Waals surface area contributed by atoms with Gasteiger partial charge in [-0.3, -0.25) is 19.4 Å². The molecule has 0 N–H and O–H groups in total. The lowest BCUT2D eigenvalue weighted by Crippen LogP contribution is -2.55. The van der Waals surface area contributed by atoms with Crippen molar-refractivity contribution in [2.24, 2.45) is 0 Å². The lowest BCUT2D eigenvalue weighted by Gasteiger charge is -2.35. The highest BCUT2D eigenvalue weighted by Gasteiger charge is 2.38.